The molecule has 5 heteroatoms. The lowest BCUT2D eigenvalue weighted by Crippen LogP contribution is -2.05. The molecule has 3 aromatic heterocycles. The van der Waals surface area contributed by atoms with Crippen molar-refractivity contribution in [2.75, 3.05) is 0 Å². The molecule has 0 bridgehead atoms. The number of benzene rings is 7. The molecule has 5 nitrogen and oxygen atoms in total. The van der Waals surface area contributed by atoms with E-state index < -0.39 is 101 Å². The Morgan fingerprint density at radius 3 is 1.72 bits per heavy atom. The summed E-state index contributed by atoms with van der Waals surface area (Å²) in [7, 11) is 0. The molecule has 10 rings (SSSR count). The SMILES string of the molecule is [2H]c1cc([2H])c2oc3c(-c4cccc(-c5nc(-c6c([2H])c([2H])c([2H])c([2H])c6[2H])nc(-c6c([2H])c([2H])c([2H])c([2H])c6[2H])n5)c4-n4c5ccccc5c5ccccc54)c([2H])c([2H])c([2H])c3c2c1[2H]. The van der Waals surface area contributed by atoms with Crippen LogP contribution >= 0.6 is 0 Å². The average molecular weight is 657 g/mol. The minimum absolute atomic E-state index is 0.0445. The molecule has 0 atom stereocenters. The van der Waals surface area contributed by atoms with Gasteiger partial charge in [-0.3, -0.25) is 0 Å². The summed E-state index contributed by atoms with van der Waals surface area (Å²) in [4.78, 5) is 13.9. The number of hydrogen-bond donors (Lipinski definition) is 0. The highest BCUT2D eigenvalue weighted by molar-refractivity contribution is 6.13. The summed E-state index contributed by atoms with van der Waals surface area (Å²) < 4.78 is 148. The minimum Gasteiger partial charge on any atom is -0.455 e. The van der Waals surface area contributed by atoms with Crippen LogP contribution in [0.15, 0.2) is 174 Å². The Balaban J connectivity index is 1.42. The Labute approximate surface area is 310 Å². The Bertz CT molecular complexity index is 3610. The molecule has 0 aliphatic heterocycles. The largest absolute Gasteiger partial charge is 0.455 e. The van der Waals surface area contributed by atoms with Gasteiger partial charge in [0.25, 0.3) is 0 Å². The van der Waals surface area contributed by atoms with Gasteiger partial charge in [-0.2, -0.15) is 0 Å². The smallest absolute Gasteiger partial charge is 0.166 e. The van der Waals surface area contributed by atoms with Gasteiger partial charge in [-0.15, -0.1) is 0 Å². The van der Waals surface area contributed by atoms with E-state index in [9.17, 15) is 1.37 Å². The van der Waals surface area contributed by atoms with Crippen LogP contribution < -0.4 is 0 Å². The third kappa shape index (κ3) is 4.45. The summed E-state index contributed by atoms with van der Waals surface area (Å²) in [6.45, 7) is 0. The first-order valence-corrected chi connectivity index (χ1v) is 15.4. The summed E-state index contributed by atoms with van der Waals surface area (Å²) in [5.74, 6) is -1.27. The van der Waals surface area contributed by atoms with Crippen LogP contribution in [0.25, 0.3) is 94.7 Å². The van der Waals surface area contributed by atoms with Crippen molar-refractivity contribution in [3.63, 3.8) is 0 Å². The predicted octanol–water partition coefficient (Wildman–Crippen LogP) is 11.5. The van der Waals surface area contributed by atoms with Crippen LogP contribution in [0.2, 0.25) is 0 Å². The summed E-state index contributed by atoms with van der Waals surface area (Å²) >= 11 is 0. The normalized spacial score (nSPS) is 16.1. The first kappa shape index (κ1) is 16.5. The molecule has 50 heavy (non-hydrogen) atoms. The van der Waals surface area contributed by atoms with E-state index in [1.165, 1.54) is 0 Å². The summed E-state index contributed by atoms with van der Waals surface area (Å²) in [5.41, 5.74) is 0.501. The van der Waals surface area contributed by atoms with Gasteiger partial charge in [0.05, 0.1) is 38.7 Å². The van der Waals surface area contributed by atoms with Gasteiger partial charge in [0, 0.05) is 49.4 Å². The fourth-order valence-corrected chi connectivity index (χ4v) is 6.33. The fraction of sp³-hybridized carbons (Fsp3) is 0. The molecule has 3 heterocycles. The molecule has 0 saturated heterocycles. The molecular weight excluding hydrogens is 613 g/mol. The standard InChI is InChI=1S/C45H28N4O/c1-3-15-29(16-4-1)43-46-44(30-17-5-2-6-18-30)48-45(47-43)37-25-13-22-34(36-24-14-23-35-33-21-9-12-28-40(33)50-42(35)36)41(37)49-38-26-10-7-19-31(38)32-20-8-11-27-39(32)49/h1-28H/i1D,2D,3D,4D,5D,6D,9D,14D,15D,16D,17D,18D,21D,23D,24D,28D. The van der Waals surface area contributed by atoms with Crippen LogP contribution in [0.3, 0.4) is 0 Å². The molecule has 0 spiro atoms. The van der Waals surface area contributed by atoms with Crippen molar-refractivity contribution in [3.05, 3.63) is 169 Å². The van der Waals surface area contributed by atoms with E-state index in [0.717, 1.165) is 16.8 Å². The highest BCUT2D eigenvalue weighted by atomic mass is 16.3. The van der Waals surface area contributed by atoms with Crippen molar-refractivity contribution in [1.29, 1.82) is 0 Å². The van der Waals surface area contributed by atoms with Gasteiger partial charge in [-0.25, -0.2) is 15.0 Å². The first-order chi connectivity index (χ1) is 31.4. The second-order valence-corrected chi connectivity index (χ2v) is 11.2. The maximum atomic E-state index is 9.47. The predicted molar refractivity (Wildman–Crippen MR) is 203 cm³/mol. The quantitative estimate of drug-likeness (QED) is 0.185. The summed E-state index contributed by atoms with van der Waals surface area (Å²) in [5, 5.41) is 1.44. The lowest BCUT2D eigenvalue weighted by atomic mass is 9.97. The number of hydrogen-bond acceptors (Lipinski definition) is 4. The number of aromatic nitrogens is 4. The fourth-order valence-electron chi connectivity index (χ4n) is 6.33. The monoisotopic (exact) mass is 656 g/mol. The molecule has 0 fully saturated rings. The van der Waals surface area contributed by atoms with Gasteiger partial charge in [0.15, 0.2) is 17.5 Å². The van der Waals surface area contributed by atoms with E-state index in [1.54, 1.807) is 18.2 Å². The van der Waals surface area contributed by atoms with E-state index >= 15 is 0 Å². The van der Waals surface area contributed by atoms with E-state index in [1.807, 2.05) is 53.1 Å². The molecule has 7 aromatic carbocycles. The van der Waals surface area contributed by atoms with Crippen LogP contribution in [0.4, 0.5) is 0 Å². The van der Waals surface area contributed by atoms with Gasteiger partial charge in [-0.05, 0) is 24.2 Å². The van der Waals surface area contributed by atoms with Crippen molar-refractivity contribution >= 4 is 43.7 Å². The zero-order valence-corrected chi connectivity index (χ0v) is 25.6. The number of rotatable bonds is 5. The molecule has 0 N–H and O–H groups in total. The summed E-state index contributed by atoms with van der Waals surface area (Å²) in [6, 6.07) is 11.3. The zero-order chi connectivity index (χ0) is 46.9. The van der Waals surface area contributed by atoms with Crippen molar-refractivity contribution in [1.82, 2.24) is 19.5 Å². The number of fused-ring (bicyclic) bond motifs is 6. The second kappa shape index (κ2) is 11.4. The zero-order valence-electron chi connectivity index (χ0n) is 41.6. The second-order valence-electron chi connectivity index (χ2n) is 11.2. The van der Waals surface area contributed by atoms with Gasteiger partial charge in [-0.1, -0.05) is 145 Å². The molecular formula is C45H28N4O. The molecule has 0 amide bonds. The van der Waals surface area contributed by atoms with Crippen LogP contribution in [-0.4, -0.2) is 19.5 Å². The van der Waals surface area contributed by atoms with Gasteiger partial charge in [0.1, 0.15) is 11.2 Å². The van der Waals surface area contributed by atoms with E-state index in [2.05, 4.69) is 4.98 Å². The van der Waals surface area contributed by atoms with Gasteiger partial charge < -0.3 is 8.98 Å². The highest BCUT2D eigenvalue weighted by Gasteiger charge is 2.24. The molecule has 0 unspecified atom stereocenters. The van der Waals surface area contributed by atoms with Crippen LogP contribution in [0, 0.1) is 0 Å². The Kier molecular flexibility index (Phi) is 3.76. The molecule has 10 aromatic rings. The topological polar surface area (TPSA) is 56.7 Å². The molecule has 234 valence electrons. The van der Waals surface area contributed by atoms with Crippen molar-refractivity contribution in [2.24, 2.45) is 0 Å². The molecule has 0 radical (unpaired) electrons. The van der Waals surface area contributed by atoms with Crippen LogP contribution in [0.5, 0.6) is 0 Å². The highest BCUT2D eigenvalue weighted by Crippen LogP contribution is 2.44. The van der Waals surface area contributed by atoms with E-state index in [0.29, 0.717) is 11.0 Å². The van der Waals surface area contributed by atoms with Gasteiger partial charge in [0.2, 0.25) is 0 Å². The number of nitrogens with zero attached hydrogens (tertiary/aromatic N) is 4. The number of para-hydroxylation sites is 5. The van der Waals surface area contributed by atoms with E-state index in [-0.39, 0.29) is 68.3 Å². The Morgan fingerprint density at radius 2 is 1.04 bits per heavy atom. The van der Waals surface area contributed by atoms with Crippen LogP contribution in [-0.2, 0) is 0 Å². The Hall–Kier alpha value is -6.85. The van der Waals surface area contributed by atoms with Crippen molar-refractivity contribution in [3.8, 4) is 51.0 Å². The third-order valence-corrected chi connectivity index (χ3v) is 8.42. The number of furan rings is 1. The Morgan fingerprint density at radius 1 is 0.440 bits per heavy atom. The molecule has 0 aliphatic rings. The molecule has 0 saturated carbocycles. The minimum atomic E-state index is -0.712. The van der Waals surface area contributed by atoms with E-state index in [4.69, 9.17) is 34.9 Å². The lowest BCUT2D eigenvalue weighted by Gasteiger charge is -2.19. The van der Waals surface area contributed by atoms with Crippen molar-refractivity contribution in [2.45, 2.75) is 0 Å². The van der Waals surface area contributed by atoms with Crippen molar-refractivity contribution < 1.29 is 26.3 Å². The maximum absolute atomic E-state index is 9.47. The average Bonchev–Trinajstić information content (AvgIpc) is 3.87. The third-order valence-electron chi connectivity index (χ3n) is 8.42. The van der Waals surface area contributed by atoms with Gasteiger partial charge >= 0.3 is 0 Å². The maximum Gasteiger partial charge on any atom is 0.166 e. The summed E-state index contributed by atoms with van der Waals surface area (Å²) in [6.07, 6.45) is 0. The van der Waals surface area contributed by atoms with Crippen LogP contribution in [0.1, 0.15) is 21.9 Å². The first-order valence-electron chi connectivity index (χ1n) is 23.4. The molecule has 0 aliphatic carbocycles. The lowest BCUT2D eigenvalue weighted by molar-refractivity contribution is 0.670.